The number of hydrogen-bond acceptors (Lipinski definition) is 3. The fraction of sp³-hybridized carbons (Fsp3) is 0.571. The van der Waals surface area contributed by atoms with Crippen molar-refractivity contribution in [3.63, 3.8) is 0 Å². The van der Waals surface area contributed by atoms with Crippen LogP contribution < -0.4 is 0 Å². The second kappa shape index (κ2) is 6.74. The summed E-state index contributed by atoms with van der Waals surface area (Å²) in [5.74, 6) is 0. The van der Waals surface area contributed by atoms with E-state index in [-0.39, 0.29) is 12.9 Å². The fourth-order valence-corrected chi connectivity index (χ4v) is 2.03. The predicted molar refractivity (Wildman–Crippen MR) is 65.6 cm³/mol. The van der Waals surface area contributed by atoms with E-state index >= 15 is 0 Å². The van der Waals surface area contributed by atoms with Crippen LogP contribution >= 0.6 is 0 Å². The van der Waals surface area contributed by atoms with Crippen molar-refractivity contribution < 1.29 is 14.6 Å². The van der Waals surface area contributed by atoms with Crippen LogP contribution in [0.4, 0.5) is 0 Å². The normalized spacial score (nSPS) is 20.4. The van der Waals surface area contributed by atoms with Crippen LogP contribution in [-0.2, 0) is 22.5 Å². The van der Waals surface area contributed by atoms with Crippen LogP contribution in [0.2, 0.25) is 0 Å². The lowest BCUT2D eigenvalue weighted by atomic mass is 10.1. The predicted octanol–water partition coefficient (Wildman–Crippen LogP) is 2.26. The number of hydrogen-bond donors (Lipinski definition) is 1. The van der Waals surface area contributed by atoms with E-state index in [0.29, 0.717) is 6.61 Å². The SMILES string of the molecule is OCc1cccc(CCO[C@H]2CCCCO2)c1. The van der Waals surface area contributed by atoms with Gasteiger partial charge in [0.05, 0.1) is 13.2 Å². The van der Waals surface area contributed by atoms with E-state index in [2.05, 4.69) is 6.07 Å². The Morgan fingerprint density at radius 1 is 1.29 bits per heavy atom. The third-order valence-corrected chi connectivity index (χ3v) is 3.01. The molecule has 0 aliphatic carbocycles. The van der Waals surface area contributed by atoms with Gasteiger partial charge >= 0.3 is 0 Å². The number of rotatable bonds is 5. The third kappa shape index (κ3) is 4.11. The average molecular weight is 236 g/mol. The highest BCUT2D eigenvalue weighted by Gasteiger charge is 2.13. The number of ether oxygens (including phenoxy) is 2. The molecule has 0 amide bonds. The van der Waals surface area contributed by atoms with Gasteiger partial charge in [0.25, 0.3) is 0 Å². The highest BCUT2D eigenvalue weighted by atomic mass is 16.7. The summed E-state index contributed by atoms with van der Waals surface area (Å²) in [7, 11) is 0. The first-order chi connectivity index (χ1) is 8.38. The molecule has 1 atom stereocenters. The maximum absolute atomic E-state index is 9.04. The first kappa shape index (κ1) is 12.6. The molecule has 0 unspecified atom stereocenters. The van der Waals surface area contributed by atoms with E-state index in [9.17, 15) is 0 Å². The van der Waals surface area contributed by atoms with Gasteiger partial charge in [0.2, 0.25) is 0 Å². The Morgan fingerprint density at radius 2 is 2.18 bits per heavy atom. The molecule has 3 heteroatoms. The molecule has 94 valence electrons. The molecule has 1 fully saturated rings. The van der Waals surface area contributed by atoms with Crippen molar-refractivity contribution in [2.24, 2.45) is 0 Å². The first-order valence-corrected chi connectivity index (χ1v) is 6.30. The molecule has 0 spiro atoms. The molecule has 0 saturated carbocycles. The molecular formula is C14H20O3. The minimum atomic E-state index is -0.00947. The molecule has 3 nitrogen and oxygen atoms in total. The molecule has 1 aliphatic heterocycles. The van der Waals surface area contributed by atoms with Crippen LogP contribution in [0.15, 0.2) is 24.3 Å². The van der Waals surface area contributed by atoms with Crippen molar-refractivity contribution in [1.29, 1.82) is 0 Å². The molecule has 0 radical (unpaired) electrons. The topological polar surface area (TPSA) is 38.7 Å². The van der Waals surface area contributed by atoms with Crippen molar-refractivity contribution in [1.82, 2.24) is 0 Å². The van der Waals surface area contributed by atoms with Crippen LogP contribution in [0.5, 0.6) is 0 Å². The van der Waals surface area contributed by atoms with E-state index in [1.807, 2.05) is 18.2 Å². The van der Waals surface area contributed by atoms with E-state index in [0.717, 1.165) is 31.4 Å². The average Bonchev–Trinajstić information content (AvgIpc) is 2.40. The maximum atomic E-state index is 9.04. The lowest BCUT2D eigenvalue weighted by Gasteiger charge is -2.22. The first-order valence-electron chi connectivity index (χ1n) is 6.30. The lowest BCUT2D eigenvalue weighted by Crippen LogP contribution is -2.23. The summed E-state index contributed by atoms with van der Waals surface area (Å²) >= 11 is 0. The molecule has 0 aromatic heterocycles. The molecule has 1 heterocycles. The summed E-state index contributed by atoms with van der Waals surface area (Å²) in [6, 6.07) is 7.97. The van der Waals surface area contributed by atoms with Crippen molar-refractivity contribution >= 4 is 0 Å². The molecule has 17 heavy (non-hydrogen) atoms. The number of aliphatic hydroxyl groups excluding tert-OH is 1. The Hall–Kier alpha value is -0.900. The molecule has 2 rings (SSSR count). The summed E-state index contributed by atoms with van der Waals surface area (Å²) < 4.78 is 11.2. The zero-order valence-electron chi connectivity index (χ0n) is 10.1. The summed E-state index contributed by atoms with van der Waals surface area (Å²) in [6.45, 7) is 1.60. The summed E-state index contributed by atoms with van der Waals surface area (Å²) in [6.07, 6.45) is 4.22. The van der Waals surface area contributed by atoms with Gasteiger partial charge in [-0.1, -0.05) is 24.3 Å². The van der Waals surface area contributed by atoms with Gasteiger partial charge in [-0.15, -0.1) is 0 Å². The Kier molecular flexibility index (Phi) is 4.98. The fourth-order valence-electron chi connectivity index (χ4n) is 2.03. The van der Waals surface area contributed by atoms with Crippen LogP contribution in [0.25, 0.3) is 0 Å². The van der Waals surface area contributed by atoms with E-state index < -0.39 is 0 Å². The highest BCUT2D eigenvalue weighted by Crippen LogP contribution is 2.14. The van der Waals surface area contributed by atoms with Gasteiger partial charge in [0.15, 0.2) is 6.29 Å². The smallest absolute Gasteiger partial charge is 0.157 e. The summed E-state index contributed by atoms with van der Waals surface area (Å²) in [5, 5.41) is 9.04. The van der Waals surface area contributed by atoms with Gasteiger partial charge in [-0.3, -0.25) is 0 Å². The second-order valence-electron chi connectivity index (χ2n) is 4.39. The van der Waals surface area contributed by atoms with Gasteiger partial charge < -0.3 is 14.6 Å². The van der Waals surface area contributed by atoms with Crippen LogP contribution in [-0.4, -0.2) is 24.6 Å². The Bertz CT molecular complexity index is 332. The Labute approximate surface area is 102 Å². The minimum Gasteiger partial charge on any atom is -0.392 e. The van der Waals surface area contributed by atoms with E-state index in [1.54, 1.807) is 0 Å². The summed E-state index contributed by atoms with van der Waals surface area (Å²) in [4.78, 5) is 0. The second-order valence-corrected chi connectivity index (χ2v) is 4.39. The molecule has 1 aromatic rings. The zero-order valence-corrected chi connectivity index (χ0v) is 10.1. The summed E-state index contributed by atoms with van der Waals surface area (Å²) in [5.41, 5.74) is 2.16. The van der Waals surface area contributed by atoms with Gasteiger partial charge in [0, 0.05) is 6.61 Å². The molecule has 1 aromatic carbocycles. The Morgan fingerprint density at radius 3 is 2.94 bits per heavy atom. The van der Waals surface area contributed by atoms with Crippen LogP contribution in [0, 0.1) is 0 Å². The van der Waals surface area contributed by atoms with Crippen molar-refractivity contribution in [3.05, 3.63) is 35.4 Å². The van der Waals surface area contributed by atoms with Gasteiger partial charge in [-0.25, -0.2) is 0 Å². The quantitative estimate of drug-likeness (QED) is 0.852. The number of benzene rings is 1. The largest absolute Gasteiger partial charge is 0.392 e. The maximum Gasteiger partial charge on any atom is 0.157 e. The molecule has 1 N–H and O–H groups in total. The highest BCUT2D eigenvalue weighted by molar-refractivity contribution is 5.22. The molecule has 1 aliphatic rings. The van der Waals surface area contributed by atoms with Crippen molar-refractivity contribution in [2.75, 3.05) is 13.2 Å². The molecule has 0 bridgehead atoms. The minimum absolute atomic E-state index is 0.00947. The molecule has 1 saturated heterocycles. The third-order valence-electron chi connectivity index (χ3n) is 3.01. The monoisotopic (exact) mass is 236 g/mol. The molecular weight excluding hydrogens is 216 g/mol. The van der Waals surface area contributed by atoms with Crippen molar-refractivity contribution in [2.45, 2.75) is 38.6 Å². The van der Waals surface area contributed by atoms with E-state index in [4.69, 9.17) is 14.6 Å². The van der Waals surface area contributed by atoms with Crippen molar-refractivity contribution in [3.8, 4) is 0 Å². The lowest BCUT2D eigenvalue weighted by molar-refractivity contribution is -0.161. The van der Waals surface area contributed by atoms with Gasteiger partial charge in [0.1, 0.15) is 0 Å². The number of aliphatic hydroxyl groups is 1. The van der Waals surface area contributed by atoms with Crippen LogP contribution in [0.1, 0.15) is 30.4 Å². The van der Waals surface area contributed by atoms with Gasteiger partial charge in [-0.2, -0.15) is 0 Å². The standard InChI is InChI=1S/C14H20O3/c15-11-13-5-3-4-12(10-13)7-9-17-14-6-1-2-8-16-14/h3-5,10,14-15H,1-2,6-9,11H2/t14-/m0/s1. The zero-order chi connectivity index (χ0) is 11.9. The Balaban J connectivity index is 1.73. The van der Waals surface area contributed by atoms with Crippen LogP contribution in [0.3, 0.4) is 0 Å². The van der Waals surface area contributed by atoms with Gasteiger partial charge in [-0.05, 0) is 36.8 Å². The van der Waals surface area contributed by atoms with E-state index in [1.165, 1.54) is 12.0 Å².